The van der Waals surface area contributed by atoms with Crippen LogP contribution in [-0.2, 0) is 23.8 Å². The lowest BCUT2D eigenvalue weighted by atomic mass is 10.1. The van der Waals surface area contributed by atoms with E-state index in [1.807, 2.05) is 0 Å². The fourth-order valence-electron chi connectivity index (χ4n) is 2.91. The van der Waals surface area contributed by atoms with Crippen LogP contribution < -0.4 is 5.32 Å². The van der Waals surface area contributed by atoms with Gasteiger partial charge in [0.1, 0.15) is 6.54 Å². The third-order valence-electron chi connectivity index (χ3n) is 4.05. The molecule has 1 aliphatic rings. The highest BCUT2D eigenvalue weighted by Crippen LogP contribution is 2.35. The third kappa shape index (κ3) is 3.39. The molecule has 26 heavy (non-hydrogen) atoms. The van der Waals surface area contributed by atoms with E-state index in [9.17, 15) is 22.8 Å². The van der Waals surface area contributed by atoms with E-state index in [-0.39, 0.29) is 16.4 Å². The van der Waals surface area contributed by atoms with Crippen molar-refractivity contribution in [3.05, 3.63) is 45.7 Å². The number of carbonyl (C=O) groups excluding carboxylic acids is 1. The Hall–Kier alpha value is -2.55. The van der Waals surface area contributed by atoms with Gasteiger partial charge in [-0.1, -0.05) is 11.6 Å². The molecular weight excluding hydrogens is 375 g/mol. The number of benzene rings is 1. The molecule has 0 radical (unpaired) electrons. The van der Waals surface area contributed by atoms with E-state index in [2.05, 4.69) is 10.4 Å². The van der Waals surface area contributed by atoms with Gasteiger partial charge in [0.05, 0.1) is 16.3 Å². The molecule has 2 N–H and O–H groups in total. The standard InChI is InChI=1S/C16H13ClF3N3O3/c17-10-5-4-8(16(18,19)20)6-12(10)23-11-3-1-2-9(11)14(22-23)15(26)21-7-13(24)25/h4-6H,1-3,7H2,(H,21,26)(H,24,25). The van der Waals surface area contributed by atoms with Gasteiger partial charge in [-0.15, -0.1) is 0 Å². The maximum absolute atomic E-state index is 13.0. The number of carboxylic acid groups (broad SMARTS) is 1. The summed E-state index contributed by atoms with van der Waals surface area (Å²) in [4.78, 5) is 22.8. The second kappa shape index (κ2) is 6.64. The number of aliphatic carboxylic acids is 1. The van der Waals surface area contributed by atoms with Gasteiger partial charge in [0.25, 0.3) is 5.91 Å². The summed E-state index contributed by atoms with van der Waals surface area (Å²) in [5, 5.41) is 15.1. The molecule has 138 valence electrons. The zero-order valence-corrected chi connectivity index (χ0v) is 14.0. The lowest BCUT2D eigenvalue weighted by Gasteiger charge is -2.12. The Bertz CT molecular complexity index is 893. The summed E-state index contributed by atoms with van der Waals surface area (Å²) in [5.74, 6) is -1.90. The van der Waals surface area contributed by atoms with Gasteiger partial charge < -0.3 is 10.4 Å². The second-order valence-electron chi connectivity index (χ2n) is 5.78. The summed E-state index contributed by atoms with van der Waals surface area (Å²) in [6.45, 7) is -0.579. The normalized spacial score (nSPS) is 13.5. The largest absolute Gasteiger partial charge is 0.480 e. The number of halogens is 4. The van der Waals surface area contributed by atoms with Crippen LogP contribution in [0.4, 0.5) is 13.2 Å². The first-order chi connectivity index (χ1) is 12.2. The SMILES string of the molecule is O=C(O)CNC(=O)c1nn(-c2cc(C(F)(F)F)ccc2Cl)c2c1CCC2. The monoisotopic (exact) mass is 387 g/mol. The second-order valence-corrected chi connectivity index (χ2v) is 6.19. The number of nitrogens with one attached hydrogen (secondary N) is 1. The number of hydrogen-bond acceptors (Lipinski definition) is 3. The van der Waals surface area contributed by atoms with Crippen molar-refractivity contribution < 1.29 is 27.9 Å². The van der Waals surface area contributed by atoms with Gasteiger partial charge in [-0.2, -0.15) is 18.3 Å². The minimum absolute atomic E-state index is 0.00669. The first-order valence-corrected chi connectivity index (χ1v) is 8.04. The van der Waals surface area contributed by atoms with Crippen LogP contribution in [0.5, 0.6) is 0 Å². The molecular formula is C16H13ClF3N3O3. The molecule has 1 amide bonds. The third-order valence-corrected chi connectivity index (χ3v) is 4.37. The fourth-order valence-corrected chi connectivity index (χ4v) is 3.11. The number of alkyl halides is 3. The number of carboxylic acids is 1. The van der Waals surface area contributed by atoms with Gasteiger partial charge in [0.15, 0.2) is 5.69 Å². The van der Waals surface area contributed by atoms with Crippen LogP contribution in [0.1, 0.15) is 33.7 Å². The molecule has 3 rings (SSSR count). The molecule has 1 aliphatic carbocycles. The average Bonchev–Trinajstić information content (AvgIpc) is 3.14. The summed E-state index contributed by atoms with van der Waals surface area (Å²) in [7, 11) is 0. The van der Waals surface area contributed by atoms with Gasteiger partial charge in [-0.05, 0) is 37.5 Å². The maximum Gasteiger partial charge on any atom is 0.416 e. The Kier molecular flexibility index (Phi) is 4.66. The predicted molar refractivity (Wildman–Crippen MR) is 85.6 cm³/mol. The summed E-state index contributed by atoms with van der Waals surface area (Å²) in [5.41, 5.74) is 0.355. The highest BCUT2D eigenvalue weighted by molar-refractivity contribution is 6.32. The van der Waals surface area contributed by atoms with Crippen molar-refractivity contribution in [3.8, 4) is 5.69 Å². The molecule has 10 heteroatoms. The summed E-state index contributed by atoms with van der Waals surface area (Å²) < 4.78 is 40.3. The Labute approximate surface area is 150 Å². The van der Waals surface area contributed by atoms with E-state index >= 15 is 0 Å². The Balaban J connectivity index is 2.06. The van der Waals surface area contributed by atoms with Gasteiger partial charge in [-0.25, -0.2) is 4.68 Å². The van der Waals surface area contributed by atoms with Crippen LogP contribution in [0.2, 0.25) is 5.02 Å². The van der Waals surface area contributed by atoms with E-state index < -0.39 is 30.2 Å². The van der Waals surface area contributed by atoms with E-state index in [4.69, 9.17) is 16.7 Å². The van der Waals surface area contributed by atoms with E-state index in [0.29, 0.717) is 30.5 Å². The van der Waals surface area contributed by atoms with Crippen LogP contribution in [0.3, 0.4) is 0 Å². The number of fused-ring (bicyclic) bond motifs is 1. The minimum Gasteiger partial charge on any atom is -0.480 e. The molecule has 0 saturated carbocycles. The van der Waals surface area contributed by atoms with Crippen LogP contribution in [0, 0.1) is 0 Å². The van der Waals surface area contributed by atoms with Crippen LogP contribution in [0.15, 0.2) is 18.2 Å². The van der Waals surface area contributed by atoms with Crippen molar-refractivity contribution in [2.45, 2.75) is 25.4 Å². The van der Waals surface area contributed by atoms with Gasteiger partial charge in [-0.3, -0.25) is 9.59 Å². The fraction of sp³-hybridized carbons (Fsp3) is 0.312. The van der Waals surface area contributed by atoms with E-state index in [1.54, 1.807) is 0 Å². The van der Waals surface area contributed by atoms with Crippen molar-refractivity contribution >= 4 is 23.5 Å². The van der Waals surface area contributed by atoms with Crippen molar-refractivity contribution in [2.24, 2.45) is 0 Å². The van der Waals surface area contributed by atoms with Crippen LogP contribution >= 0.6 is 11.6 Å². The lowest BCUT2D eigenvalue weighted by molar-refractivity contribution is -0.138. The molecule has 0 aliphatic heterocycles. The highest BCUT2D eigenvalue weighted by Gasteiger charge is 2.33. The molecule has 0 bridgehead atoms. The van der Waals surface area contributed by atoms with Crippen LogP contribution in [-0.4, -0.2) is 33.3 Å². The van der Waals surface area contributed by atoms with Gasteiger partial charge in [0, 0.05) is 11.3 Å². The maximum atomic E-state index is 13.0. The quantitative estimate of drug-likeness (QED) is 0.845. The van der Waals surface area contributed by atoms with Crippen molar-refractivity contribution in [3.63, 3.8) is 0 Å². The molecule has 0 unspecified atom stereocenters. The number of carbonyl (C=O) groups is 2. The van der Waals surface area contributed by atoms with Crippen LogP contribution in [0.25, 0.3) is 5.69 Å². The molecule has 2 aromatic rings. The van der Waals surface area contributed by atoms with Crippen molar-refractivity contribution in [1.29, 1.82) is 0 Å². The van der Waals surface area contributed by atoms with Gasteiger partial charge >= 0.3 is 12.1 Å². The minimum atomic E-state index is -4.54. The number of aromatic nitrogens is 2. The zero-order chi connectivity index (χ0) is 19.1. The zero-order valence-electron chi connectivity index (χ0n) is 13.2. The molecule has 6 nitrogen and oxygen atoms in total. The molecule has 1 heterocycles. The molecule has 1 aromatic heterocycles. The van der Waals surface area contributed by atoms with Crippen molar-refractivity contribution in [2.75, 3.05) is 6.54 Å². The molecule has 0 spiro atoms. The summed E-state index contributed by atoms with van der Waals surface area (Å²) in [6, 6.07) is 2.88. The summed E-state index contributed by atoms with van der Waals surface area (Å²) >= 11 is 6.07. The average molecular weight is 388 g/mol. The Morgan fingerprint density at radius 1 is 1.31 bits per heavy atom. The molecule has 0 atom stereocenters. The smallest absolute Gasteiger partial charge is 0.416 e. The van der Waals surface area contributed by atoms with Gasteiger partial charge in [0.2, 0.25) is 0 Å². The summed E-state index contributed by atoms with van der Waals surface area (Å²) in [6.07, 6.45) is -2.77. The first-order valence-electron chi connectivity index (χ1n) is 7.66. The number of amides is 1. The number of rotatable bonds is 4. The Morgan fingerprint density at radius 2 is 2.04 bits per heavy atom. The predicted octanol–water partition coefficient (Wildman–Crippen LogP) is 2.85. The number of hydrogen-bond donors (Lipinski definition) is 2. The topological polar surface area (TPSA) is 84.2 Å². The van der Waals surface area contributed by atoms with Crippen molar-refractivity contribution in [1.82, 2.24) is 15.1 Å². The molecule has 0 fully saturated rings. The van der Waals surface area contributed by atoms with E-state index in [1.165, 1.54) is 4.68 Å². The molecule has 0 saturated heterocycles. The Morgan fingerprint density at radius 3 is 2.69 bits per heavy atom. The molecule has 1 aromatic carbocycles. The van der Waals surface area contributed by atoms with E-state index in [0.717, 1.165) is 18.2 Å². The lowest BCUT2D eigenvalue weighted by Crippen LogP contribution is -2.30. The first kappa shape index (κ1) is 18.2. The highest BCUT2D eigenvalue weighted by atomic mass is 35.5. The number of nitrogens with zero attached hydrogens (tertiary/aromatic N) is 2.